The lowest BCUT2D eigenvalue weighted by Gasteiger charge is -2.29. The highest BCUT2D eigenvalue weighted by molar-refractivity contribution is 5.88. The molecule has 0 aromatic heterocycles. The standard InChI is InChI=1S/C21H30F2N2O5/c1-13(2)10-16(18(27)29-4)25-17(26)15(24)11-21(3,19(22)23)20(28)30-12-14-8-6-5-7-9-14/h5-9,13,15-16,19H,10-12,24H2,1-4H3,(H,25,26)/t15-,16-,21?/m0/s1. The van der Waals surface area contributed by atoms with Gasteiger partial charge in [-0.05, 0) is 31.2 Å². The van der Waals surface area contributed by atoms with Gasteiger partial charge in [-0.2, -0.15) is 0 Å². The van der Waals surface area contributed by atoms with Crippen molar-refractivity contribution < 1.29 is 32.6 Å². The zero-order chi connectivity index (χ0) is 22.9. The minimum absolute atomic E-state index is 0.0601. The molecule has 0 heterocycles. The highest BCUT2D eigenvalue weighted by Gasteiger charge is 2.46. The second kappa shape index (κ2) is 11.6. The maximum atomic E-state index is 13.7. The van der Waals surface area contributed by atoms with Crippen LogP contribution in [0, 0.1) is 11.3 Å². The molecule has 1 aromatic carbocycles. The molecule has 0 saturated heterocycles. The molecule has 1 amide bonds. The highest BCUT2D eigenvalue weighted by Crippen LogP contribution is 2.33. The summed E-state index contributed by atoms with van der Waals surface area (Å²) in [7, 11) is 1.18. The van der Waals surface area contributed by atoms with Gasteiger partial charge in [0, 0.05) is 0 Å². The molecule has 168 valence electrons. The molecule has 0 fully saturated rings. The van der Waals surface area contributed by atoms with E-state index in [2.05, 4.69) is 10.1 Å². The second-order valence-corrected chi connectivity index (χ2v) is 7.80. The topological polar surface area (TPSA) is 108 Å². The van der Waals surface area contributed by atoms with Gasteiger partial charge in [0.1, 0.15) is 18.1 Å². The number of amides is 1. The number of alkyl halides is 2. The van der Waals surface area contributed by atoms with Gasteiger partial charge in [0.2, 0.25) is 5.91 Å². The molecule has 7 nitrogen and oxygen atoms in total. The molecular weight excluding hydrogens is 398 g/mol. The lowest BCUT2D eigenvalue weighted by Crippen LogP contribution is -2.52. The van der Waals surface area contributed by atoms with E-state index in [9.17, 15) is 23.2 Å². The summed E-state index contributed by atoms with van der Waals surface area (Å²) in [5.74, 6) is -2.59. The molecule has 0 bridgehead atoms. The van der Waals surface area contributed by atoms with E-state index in [0.29, 0.717) is 5.56 Å². The Bertz CT molecular complexity index is 715. The average molecular weight is 428 g/mol. The van der Waals surface area contributed by atoms with Crippen molar-refractivity contribution in [2.75, 3.05) is 7.11 Å². The van der Waals surface area contributed by atoms with Gasteiger partial charge in [0.05, 0.1) is 13.2 Å². The third-order valence-electron chi connectivity index (χ3n) is 4.65. The first kappa shape index (κ1) is 25.5. The Morgan fingerprint density at radius 2 is 1.77 bits per heavy atom. The Hall–Kier alpha value is -2.55. The number of rotatable bonds is 11. The van der Waals surface area contributed by atoms with Gasteiger partial charge in [-0.1, -0.05) is 44.2 Å². The number of nitrogens with two attached hydrogens (primary N) is 1. The van der Waals surface area contributed by atoms with Gasteiger partial charge in [0.15, 0.2) is 0 Å². The fourth-order valence-electron chi connectivity index (χ4n) is 2.81. The third-order valence-corrected chi connectivity index (χ3v) is 4.65. The van der Waals surface area contributed by atoms with E-state index in [1.165, 1.54) is 7.11 Å². The van der Waals surface area contributed by atoms with Gasteiger partial charge in [-0.25, -0.2) is 13.6 Å². The molecule has 0 spiro atoms. The molecule has 3 N–H and O–H groups in total. The Balaban J connectivity index is 2.82. The van der Waals surface area contributed by atoms with Crippen LogP contribution in [-0.2, 0) is 30.5 Å². The number of ether oxygens (including phenoxy) is 2. The number of benzene rings is 1. The average Bonchev–Trinajstić information content (AvgIpc) is 2.70. The number of methoxy groups -OCH3 is 1. The minimum atomic E-state index is -3.10. The summed E-state index contributed by atoms with van der Waals surface area (Å²) in [4.78, 5) is 36.7. The van der Waals surface area contributed by atoms with E-state index in [1.54, 1.807) is 30.3 Å². The summed E-state index contributed by atoms with van der Waals surface area (Å²) in [5.41, 5.74) is 4.15. The maximum Gasteiger partial charge on any atom is 0.328 e. The number of carbonyl (C=O) groups is 3. The smallest absolute Gasteiger partial charge is 0.328 e. The monoisotopic (exact) mass is 428 g/mol. The van der Waals surface area contributed by atoms with Crippen molar-refractivity contribution in [3.63, 3.8) is 0 Å². The number of hydrogen-bond acceptors (Lipinski definition) is 6. The molecule has 0 aliphatic carbocycles. The lowest BCUT2D eigenvalue weighted by atomic mass is 9.83. The predicted molar refractivity (Wildman–Crippen MR) is 106 cm³/mol. The Labute approximate surface area is 175 Å². The molecule has 0 aliphatic heterocycles. The molecule has 9 heteroatoms. The van der Waals surface area contributed by atoms with Gasteiger partial charge >= 0.3 is 11.9 Å². The first-order valence-corrected chi connectivity index (χ1v) is 9.64. The molecule has 0 saturated carbocycles. The summed E-state index contributed by atoms with van der Waals surface area (Å²) in [6.45, 7) is 4.52. The van der Waals surface area contributed by atoms with Crippen molar-refractivity contribution in [1.29, 1.82) is 0 Å². The molecular formula is C21H30F2N2O5. The summed E-state index contributed by atoms with van der Waals surface area (Å²) >= 11 is 0. The minimum Gasteiger partial charge on any atom is -0.467 e. The summed E-state index contributed by atoms with van der Waals surface area (Å²) in [6, 6.07) is 6.19. The van der Waals surface area contributed by atoms with Crippen LogP contribution < -0.4 is 11.1 Å². The number of esters is 2. The molecule has 0 aliphatic rings. The van der Waals surface area contributed by atoms with Crippen LogP contribution in [-0.4, -0.2) is 43.5 Å². The van der Waals surface area contributed by atoms with Gasteiger partial charge < -0.3 is 20.5 Å². The van der Waals surface area contributed by atoms with Crippen molar-refractivity contribution in [3.05, 3.63) is 35.9 Å². The van der Waals surface area contributed by atoms with E-state index in [1.807, 2.05) is 13.8 Å². The predicted octanol–water partition coefficient (Wildman–Crippen LogP) is 2.42. The van der Waals surface area contributed by atoms with E-state index in [4.69, 9.17) is 10.5 Å². The first-order chi connectivity index (χ1) is 14.0. The van der Waals surface area contributed by atoms with Crippen LogP contribution in [0.5, 0.6) is 0 Å². The normalized spacial score (nSPS) is 15.2. The van der Waals surface area contributed by atoms with Gasteiger partial charge in [-0.3, -0.25) is 9.59 Å². The Kier molecular flexibility index (Phi) is 9.84. The van der Waals surface area contributed by atoms with Crippen LogP contribution in [0.25, 0.3) is 0 Å². The van der Waals surface area contributed by atoms with Crippen molar-refractivity contribution in [1.82, 2.24) is 5.32 Å². The molecule has 0 radical (unpaired) electrons. The number of hydrogen-bond donors (Lipinski definition) is 2. The largest absolute Gasteiger partial charge is 0.467 e. The number of halogens is 2. The molecule has 1 rings (SSSR count). The van der Waals surface area contributed by atoms with E-state index >= 15 is 0 Å². The summed E-state index contributed by atoms with van der Waals surface area (Å²) < 4.78 is 37.2. The van der Waals surface area contributed by atoms with Crippen molar-refractivity contribution >= 4 is 17.8 Å². The fraction of sp³-hybridized carbons (Fsp3) is 0.571. The van der Waals surface area contributed by atoms with Crippen molar-refractivity contribution in [3.8, 4) is 0 Å². The fourth-order valence-corrected chi connectivity index (χ4v) is 2.81. The zero-order valence-electron chi connectivity index (χ0n) is 17.7. The quantitative estimate of drug-likeness (QED) is 0.524. The van der Waals surface area contributed by atoms with Gasteiger partial charge in [-0.15, -0.1) is 0 Å². The zero-order valence-corrected chi connectivity index (χ0v) is 17.7. The highest BCUT2D eigenvalue weighted by atomic mass is 19.3. The third kappa shape index (κ3) is 7.37. The van der Waals surface area contributed by atoms with Crippen LogP contribution in [0.2, 0.25) is 0 Å². The van der Waals surface area contributed by atoms with Crippen LogP contribution >= 0.6 is 0 Å². The summed E-state index contributed by atoms with van der Waals surface area (Å²) in [5, 5.41) is 2.42. The van der Waals surface area contributed by atoms with Crippen molar-refractivity contribution in [2.45, 2.75) is 58.7 Å². The Morgan fingerprint density at radius 1 is 1.17 bits per heavy atom. The number of carbonyl (C=O) groups excluding carboxylic acids is 3. The van der Waals surface area contributed by atoms with Crippen molar-refractivity contribution in [2.24, 2.45) is 17.1 Å². The molecule has 3 atom stereocenters. The number of nitrogens with one attached hydrogen (secondary N) is 1. The second-order valence-electron chi connectivity index (χ2n) is 7.80. The van der Waals surface area contributed by atoms with E-state index in [0.717, 1.165) is 6.92 Å². The Morgan fingerprint density at radius 3 is 2.27 bits per heavy atom. The van der Waals surface area contributed by atoms with Gasteiger partial charge in [0.25, 0.3) is 6.43 Å². The summed E-state index contributed by atoms with van der Waals surface area (Å²) in [6.07, 6.45) is -3.47. The lowest BCUT2D eigenvalue weighted by molar-refractivity contribution is -0.167. The SMILES string of the molecule is COC(=O)[C@H](CC(C)C)NC(=O)[C@@H](N)CC(C)(C(=O)OCc1ccccc1)C(F)F. The van der Waals surface area contributed by atoms with Crippen LogP contribution in [0.4, 0.5) is 8.78 Å². The molecule has 1 aromatic rings. The maximum absolute atomic E-state index is 13.7. The van der Waals surface area contributed by atoms with Crippen LogP contribution in [0.3, 0.4) is 0 Å². The van der Waals surface area contributed by atoms with Crippen LogP contribution in [0.15, 0.2) is 30.3 Å². The molecule has 1 unspecified atom stereocenters. The van der Waals surface area contributed by atoms with Crippen LogP contribution in [0.1, 0.15) is 39.2 Å². The van der Waals surface area contributed by atoms with E-state index in [-0.39, 0.29) is 18.9 Å². The first-order valence-electron chi connectivity index (χ1n) is 9.64. The molecule has 30 heavy (non-hydrogen) atoms. The van der Waals surface area contributed by atoms with E-state index < -0.39 is 48.2 Å².